The molecule has 0 aromatic heterocycles. The number of rotatable bonds is 7. The number of amides is 1. The molecule has 1 heterocycles. The van der Waals surface area contributed by atoms with Crippen LogP contribution in [0.3, 0.4) is 0 Å². The Morgan fingerprint density at radius 1 is 1.22 bits per heavy atom. The molecule has 2 aromatic carbocycles. The second-order valence-corrected chi connectivity index (χ2v) is 7.01. The molecule has 5 nitrogen and oxygen atoms in total. The molecule has 1 saturated heterocycles. The Morgan fingerprint density at radius 2 is 2.04 bits per heavy atom. The summed E-state index contributed by atoms with van der Waals surface area (Å²) in [6.45, 7) is 1.65. The highest BCUT2D eigenvalue weighted by Crippen LogP contribution is 2.38. The third kappa shape index (κ3) is 4.73. The minimum absolute atomic E-state index is 0.0105. The molecule has 0 saturated carbocycles. The van der Waals surface area contributed by atoms with Crippen LogP contribution in [0.4, 0.5) is 0 Å². The number of benzene rings is 2. The molecule has 0 radical (unpaired) electrons. The minimum Gasteiger partial charge on any atom is -0.497 e. The van der Waals surface area contributed by atoms with Crippen LogP contribution < -0.4 is 14.8 Å². The van der Waals surface area contributed by atoms with E-state index in [1.165, 1.54) is 0 Å². The monoisotopic (exact) mass is 388 g/mol. The van der Waals surface area contributed by atoms with Gasteiger partial charge in [0, 0.05) is 23.2 Å². The number of nitrogens with zero attached hydrogens (tertiary/aromatic N) is 1. The largest absolute Gasteiger partial charge is 0.497 e. The number of ether oxygens (including phenoxy) is 2. The van der Waals surface area contributed by atoms with Crippen molar-refractivity contribution in [3.05, 3.63) is 58.6 Å². The SMILES string of the molecule is COc1ccc(OC)c(C2CCCN2CC(=O)NCc2ccccc2Cl)c1. The van der Waals surface area contributed by atoms with E-state index in [1.807, 2.05) is 42.5 Å². The summed E-state index contributed by atoms with van der Waals surface area (Å²) in [7, 11) is 3.32. The van der Waals surface area contributed by atoms with Crippen molar-refractivity contribution in [2.45, 2.75) is 25.4 Å². The number of halogens is 1. The van der Waals surface area contributed by atoms with Gasteiger partial charge in [-0.2, -0.15) is 0 Å². The summed E-state index contributed by atoms with van der Waals surface area (Å²) in [4.78, 5) is 14.7. The fraction of sp³-hybridized carbons (Fsp3) is 0.381. The van der Waals surface area contributed by atoms with Crippen molar-refractivity contribution in [2.75, 3.05) is 27.3 Å². The van der Waals surface area contributed by atoms with E-state index in [9.17, 15) is 4.79 Å². The molecule has 1 atom stereocenters. The van der Waals surface area contributed by atoms with Gasteiger partial charge in [0.1, 0.15) is 11.5 Å². The van der Waals surface area contributed by atoms with Gasteiger partial charge in [-0.3, -0.25) is 9.69 Å². The molecule has 2 aromatic rings. The van der Waals surface area contributed by atoms with Gasteiger partial charge in [-0.1, -0.05) is 29.8 Å². The van der Waals surface area contributed by atoms with Crippen LogP contribution in [0, 0.1) is 0 Å². The molecule has 6 heteroatoms. The van der Waals surface area contributed by atoms with E-state index >= 15 is 0 Å². The number of carbonyl (C=O) groups is 1. The first-order valence-electron chi connectivity index (χ1n) is 9.08. The van der Waals surface area contributed by atoms with E-state index < -0.39 is 0 Å². The summed E-state index contributed by atoms with van der Waals surface area (Å²) in [5.41, 5.74) is 1.98. The molecule has 144 valence electrons. The van der Waals surface area contributed by atoms with Crippen LogP contribution in [0.5, 0.6) is 11.5 Å². The quantitative estimate of drug-likeness (QED) is 0.783. The third-order valence-corrected chi connectivity index (χ3v) is 5.31. The molecule has 1 N–H and O–H groups in total. The lowest BCUT2D eigenvalue weighted by atomic mass is 10.0. The zero-order chi connectivity index (χ0) is 19.2. The van der Waals surface area contributed by atoms with Gasteiger partial charge in [0.15, 0.2) is 0 Å². The molecule has 1 unspecified atom stereocenters. The molecular formula is C21H25ClN2O3. The van der Waals surface area contributed by atoms with Crippen molar-refractivity contribution >= 4 is 17.5 Å². The molecule has 27 heavy (non-hydrogen) atoms. The fourth-order valence-corrected chi connectivity index (χ4v) is 3.75. The lowest BCUT2D eigenvalue weighted by molar-refractivity contribution is -0.122. The molecule has 0 spiro atoms. The van der Waals surface area contributed by atoms with E-state index in [1.54, 1.807) is 14.2 Å². The van der Waals surface area contributed by atoms with Crippen LogP contribution in [0.2, 0.25) is 5.02 Å². The Hall–Kier alpha value is -2.24. The molecule has 1 aliphatic heterocycles. The van der Waals surface area contributed by atoms with Gasteiger partial charge in [-0.25, -0.2) is 0 Å². The van der Waals surface area contributed by atoms with E-state index in [2.05, 4.69) is 10.2 Å². The first kappa shape index (κ1) is 19.5. The van der Waals surface area contributed by atoms with E-state index in [0.29, 0.717) is 18.1 Å². The van der Waals surface area contributed by atoms with Crippen molar-refractivity contribution in [1.82, 2.24) is 10.2 Å². The standard InChI is InChI=1S/C21H25ClN2O3/c1-26-16-9-10-20(27-2)17(12-16)19-8-5-11-24(19)14-21(25)23-13-15-6-3-4-7-18(15)22/h3-4,6-7,9-10,12,19H,5,8,11,13-14H2,1-2H3,(H,23,25). The summed E-state index contributed by atoms with van der Waals surface area (Å²) in [6.07, 6.45) is 2.03. The lowest BCUT2D eigenvalue weighted by Gasteiger charge is -2.26. The maximum absolute atomic E-state index is 12.5. The summed E-state index contributed by atoms with van der Waals surface area (Å²) < 4.78 is 10.9. The van der Waals surface area contributed by atoms with Crippen molar-refractivity contribution < 1.29 is 14.3 Å². The highest BCUT2D eigenvalue weighted by atomic mass is 35.5. The third-order valence-electron chi connectivity index (χ3n) is 4.94. The summed E-state index contributed by atoms with van der Waals surface area (Å²) in [5.74, 6) is 1.61. The Balaban J connectivity index is 1.66. The first-order chi connectivity index (χ1) is 13.1. The molecule has 1 fully saturated rings. The average Bonchev–Trinajstić information content (AvgIpc) is 3.14. The van der Waals surface area contributed by atoms with Gasteiger partial charge in [0.25, 0.3) is 0 Å². The molecule has 3 rings (SSSR count). The van der Waals surface area contributed by atoms with Gasteiger partial charge < -0.3 is 14.8 Å². The summed E-state index contributed by atoms with van der Waals surface area (Å²) in [6, 6.07) is 13.5. The lowest BCUT2D eigenvalue weighted by Crippen LogP contribution is -2.36. The van der Waals surface area contributed by atoms with Gasteiger partial charge in [0.05, 0.1) is 20.8 Å². The Morgan fingerprint density at radius 3 is 2.78 bits per heavy atom. The van der Waals surface area contributed by atoms with Crippen molar-refractivity contribution in [2.24, 2.45) is 0 Å². The first-order valence-corrected chi connectivity index (χ1v) is 9.46. The summed E-state index contributed by atoms with van der Waals surface area (Å²) in [5, 5.41) is 3.63. The Bertz CT molecular complexity index is 797. The molecule has 1 aliphatic rings. The zero-order valence-electron chi connectivity index (χ0n) is 15.7. The van der Waals surface area contributed by atoms with E-state index in [-0.39, 0.29) is 11.9 Å². The van der Waals surface area contributed by atoms with Crippen LogP contribution in [0.15, 0.2) is 42.5 Å². The normalized spacial score (nSPS) is 16.9. The number of methoxy groups -OCH3 is 2. The van der Waals surface area contributed by atoms with Crippen molar-refractivity contribution in [1.29, 1.82) is 0 Å². The van der Waals surface area contributed by atoms with E-state index in [0.717, 1.165) is 42.0 Å². The van der Waals surface area contributed by atoms with Gasteiger partial charge in [-0.15, -0.1) is 0 Å². The van der Waals surface area contributed by atoms with Crippen LogP contribution >= 0.6 is 11.6 Å². The number of carbonyl (C=O) groups excluding carboxylic acids is 1. The molecular weight excluding hydrogens is 364 g/mol. The van der Waals surface area contributed by atoms with Crippen molar-refractivity contribution in [3.8, 4) is 11.5 Å². The van der Waals surface area contributed by atoms with Crippen LogP contribution in [0.1, 0.15) is 30.0 Å². The smallest absolute Gasteiger partial charge is 0.234 e. The maximum Gasteiger partial charge on any atom is 0.234 e. The minimum atomic E-state index is -0.0105. The summed E-state index contributed by atoms with van der Waals surface area (Å²) >= 11 is 6.16. The molecule has 0 aliphatic carbocycles. The Labute approximate surface area is 165 Å². The number of hydrogen-bond acceptors (Lipinski definition) is 4. The predicted octanol–water partition coefficient (Wildman–Crippen LogP) is 3.81. The molecule has 0 bridgehead atoms. The molecule has 1 amide bonds. The van der Waals surface area contributed by atoms with Crippen LogP contribution in [-0.2, 0) is 11.3 Å². The van der Waals surface area contributed by atoms with Crippen molar-refractivity contribution in [3.63, 3.8) is 0 Å². The van der Waals surface area contributed by atoms with Gasteiger partial charge >= 0.3 is 0 Å². The average molecular weight is 389 g/mol. The topological polar surface area (TPSA) is 50.8 Å². The number of likely N-dealkylation sites (tertiary alicyclic amines) is 1. The predicted molar refractivity (Wildman–Crippen MR) is 106 cm³/mol. The second-order valence-electron chi connectivity index (χ2n) is 6.60. The van der Waals surface area contributed by atoms with Crippen LogP contribution in [0.25, 0.3) is 0 Å². The maximum atomic E-state index is 12.5. The van der Waals surface area contributed by atoms with Crippen LogP contribution in [-0.4, -0.2) is 38.1 Å². The highest BCUT2D eigenvalue weighted by Gasteiger charge is 2.30. The fourth-order valence-electron chi connectivity index (χ4n) is 3.54. The number of nitrogens with one attached hydrogen (secondary N) is 1. The Kier molecular flexibility index (Phi) is 6.58. The van der Waals surface area contributed by atoms with Gasteiger partial charge in [-0.05, 0) is 49.2 Å². The number of hydrogen-bond donors (Lipinski definition) is 1. The highest BCUT2D eigenvalue weighted by molar-refractivity contribution is 6.31. The second kappa shape index (κ2) is 9.11. The zero-order valence-corrected chi connectivity index (χ0v) is 16.5. The van der Waals surface area contributed by atoms with E-state index in [4.69, 9.17) is 21.1 Å². The van der Waals surface area contributed by atoms with Gasteiger partial charge in [0.2, 0.25) is 5.91 Å².